The zero-order chi connectivity index (χ0) is 15.4. The fourth-order valence-electron chi connectivity index (χ4n) is 1.86. The molecule has 0 bridgehead atoms. The van der Waals surface area contributed by atoms with E-state index >= 15 is 0 Å². The van der Waals surface area contributed by atoms with E-state index in [4.69, 9.17) is 5.73 Å². The number of methoxy groups -OCH3 is 1. The van der Waals surface area contributed by atoms with Gasteiger partial charge in [0.15, 0.2) is 0 Å². The lowest BCUT2D eigenvalue weighted by molar-refractivity contribution is 0.0602. The van der Waals surface area contributed by atoms with Crippen LogP contribution in [0.1, 0.15) is 15.9 Å². The number of hydrogen-bond acceptors (Lipinski definition) is 4. The number of carbonyl (C=O) groups excluding carboxylic acids is 1. The summed E-state index contributed by atoms with van der Waals surface area (Å²) in [5, 5.41) is 2.88. The van der Waals surface area contributed by atoms with Crippen molar-refractivity contribution in [1.82, 2.24) is 0 Å². The van der Waals surface area contributed by atoms with Crippen molar-refractivity contribution in [2.24, 2.45) is 0 Å². The van der Waals surface area contributed by atoms with Gasteiger partial charge in [0.25, 0.3) is 0 Å². The Balaban J connectivity index is 2.24. The third kappa shape index (κ3) is 3.47. The van der Waals surface area contributed by atoms with Crippen LogP contribution < -0.4 is 11.1 Å². The van der Waals surface area contributed by atoms with Gasteiger partial charge >= 0.3 is 5.97 Å². The zero-order valence-electron chi connectivity index (χ0n) is 11.3. The van der Waals surface area contributed by atoms with Crippen LogP contribution in [0.3, 0.4) is 0 Å². The Hall–Kier alpha value is -2.63. The summed E-state index contributed by atoms with van der Waals surface area (Å²) in [6.45, 7) is 0.0253. The lowest BCUT2D eigenvalue weighted by atomic mass is 10.1. The summed E-state index contributed by atoms with van der Waals surface area (Å²) in [7, 11) is 1.25. The summed E-state index contributed by atoms with van der Waals surface area (Å²) >= 11 is 0. The van der Waals surface area contributed by atoms with Crippen molar-refractivity contribution in [3.8, 4) is 0 Å². The minimum atomic E-state index is -0.565. The molecule has 0 amide bonds. The summed E-state index contributed by atoms with van der Waals surface area (Å²) in [6.07, 6.45) is 0. The molecule has 0 saturated carbocycles. The largest absolute Gasteiger partial charge is 0.465 e. The van der Waals surface area contributed by atoms with Gasteiger partial charge in [-0.25, -0.2) is 13.6 Å². The number of ether oxygens (including phenoxy) is 1. The molecule has 0 heterocycles. The third-order valence-electron chi connectivity index (χ3n) is 2.93. The van der Waals surface area contributed by atoms with Gasteiger partial charge in [-0.15, -0.1) is 0 Å². The molecule has 0 spiro atoms. The molecule has 0 saturated heterocycles. The average molecular weight is 292 g/mol. The number of nitrogens with one attached hydrogen (secondary N) is 1. The lowest BCUT2D eigenvalue weighted by Gasteiger charge is -2.12. The molecule has 0 aliphatic rings. The second-order valence-corrected chi connectivity index (χ2v) is 4.39. The van der Waals surface area contributed by atoms with E-state index in [1.54, 1.807) is 12.1 Å². The molecule has 110 valence electrons. The highest BCUT2D eigenvalue weighted by atomic mass is 19.1. The van der Waals surface area contributed by atoms with Crippen LogP contribution in [-0.4, -0.2) is 13.1 Å². The Morgan fingerprint density at radius 1 is 1.24 bits per heavy atom. The standard InChI is InChI=1S/C15H14F2N2O2/c1-21-15(20)12-7-11(18)3-5-14(12)19-8-9-6-10(16)2-4-13(9)17/h2-7,19H,8,18H2,1H3. The van der Waals surface area contributed by atoms with E-state index in [2.05, 4.69) is 10.1 Å². The van der Waals surface area contributed by atoms with Crippen LogP contribution >= 0.6 is 0 Å². The fourth-order valence-corrected chi connectivity index (χ4v) is 1.86. The van der Waals surface area contributed by atoms with Gasteiger partial charge < -0.3 is 15.8 Å². The van der Waals surface area contributed by atoms with Gasteiger partial charge in [0.1, 0.15) is 11.6 Å². The molecule has 0 radical (unpaired) electrons. The predicted molar refractivity (Wildman–Crippen MR) is 75.9 cm³/mol. The molecule has 0 atom stereocenters. The SMILES string of the molecule is COC(=O)c1cc(N)ccc1NCc1cc(F)ccc1F. The van der Waals surface area contributed by atoms with Crippen molar-refractivity contribution in [1.29, 1.82) is 0 Å². The van der Waals surface area contributed by atoms with Gasteiger partial charge in [0.2, 0.25) is 0 Å². The van der Waals surface area contributed by atoms with Crippen LogP contribution in [-0.2, 0) is 11.3 Å². The third-order valence-corrected chi connectivity index (χ3v) is 2.93. The van der Waals surface area contributed by atoms with Crippen molar-refractivity contribution < 1.29 is 18.3 Å². The highest BCUT2D eigenvalue weighted by Gasteiger charge is 2.13. The number of halogens is 2. The molecular weight excluding hydrogens is 278 g/mol. The molecule has 3 N–H and O–H groups in total. The summed E-state index contributed by atoms with van der Waals surface area (Å²) in [6, 6.07) is 7.82. The van der Waals surface area contributed by atoms with E-state index in [1.807, 2.05) is 0 Å². The highest BCUT2D eigenvalue weighted by molar-refractivity contribution is 5.96. The number of nitrogens with two attached hydrogens (primary N) is 1. The van der Waals surface area contributed by atoms with Crippen LogP contribution in [0.2, 0.25) is 0 Å². The van der Waals surface area contributed by atoms with E-state index < -0.39 is 17.6 Å². The topological polar surface area (TPSA) is 64.3 Å². The van der Waals surface area contributed by atoms with E-state index in [1.165, 1.54) is 13.2 Å². The molecule has 0 fully saturated rings. The molecule has 6 heteroatoms. The van der Waals surface area contributed by atoms with Crippen molar-refractivity contribution in [3.05, 3.63) is 59.2 Å². The molecule has 2 rings (SSSR count). The normalized spacial score (nSPS) is 10.2. The van der Waals surface area contributed by atoms with Crippen molar-refractivity contribution >= 4 is 17.3 Å². The molecule has 0 aromatic heterocycles. The Labute approximate surface area is 120 Å². The first-order valence-electron chi connectivity index (χ1n) is 6.17. The van der Waals surface area contributed by atoms with Crippen molar-refractivity contribution in [2.45, 2.75) is 6.54 Å². The van der Waals surface area contributed by atoms with Gasteiger partial charge in [0.05, 0.1) is 12.7 Å². The Kier molecular flexibility index (Phi) is 4.37. The maximum atomic E-state index is 13.5. The highest BCUT2D eigenvalue weighted by Crippen LogP contribution is 2.21. The molecule has 2 aromatic rings. The van der Waals surface area contributed by atoms with Gasteiger partial charge in [-0.3, -0.25) is 0 Å². The molecule has 2 aromatic carbocycles. The van der Waals surface area contributed by atoms with Gasteiger partial charge in [-0.05, 0) is 36.4 Å². The van der Waals surface area contributed by atoms with Gasteiger partial charge in [-0.2, -0.15) is 0 Å². The first-order chi connectivity index (χ1) is 10.0. The number of benzene rings is 2. The molecule has 0 aliphatic heterocycles. The van der Waals surface area contributed by atoms with Crippen molar-refractivity contribution in [2.75, 3.05) is 18.2 Å². The van der Waals surface area contributed by atoms with Crippen LogP contribution in [0.5, 0.6) is 0 Å². The Morgan fingerprint density at radius 3 is 2.71 bits per heavy atom. The maximum Gasteiger partial charge on any atom is 0.340 e. The number of carbonyl (C=O) groups is 1. The number of esters is 1. The Morgan fingerprint density at radius 2 is 2.00 bits per heavy atom. The predicted octanol–water partition coefficient (Wildman–Crippen LogP) is 2.95. The van der Waals surface area contributed by atoms with Gasteiger partial charge in [0, 0.05) is 23.5 Å². The van der Waals surface area contributed by atoms with Crippen LogP contribution in [0.25, 0.3) is 0 Å². The summed E-state index contributed by atoms with van der Waals surface area (Å²) in [4.78, 5) is 11.7. The summed E-state index contributed by atoms with van der Waals surface area (Å²) < 4.78 is 31.3. The summed E-state index contributed by atoms with van der Waals surface area (Å²) in [5.41, 5.74) is 6.84. The minimum Gasteiger partial charge on any atom is -0.465 e. The molecule has 0 unspecified atom stereocenters. The first-order valence-corrected chi connectivity index (χ1v) is 6.17. The zero-order valence-corrected chi connectivity index (χ0v) is 11.3. The first kappa shape index (κ1) is 14.8. The van der Waals surface area contributed by atoms with Crippen LogP contribution in [0.15, 0.2) is 36.4 Å². The van der Waals surface area contributed by atoms with Crippen LogP contribution in [0, 0.1) is 11.6 Å². The second-order valence-electron chi connectivity index (χ2n) is 4.39. The fraction of sp³-hybridized carbons (Fsp3) is 0.133. The monoisotopic (exact) mass is 292 g/mol. The smallest absolute Gasteiger partial charge is 0.340 e. The minimum absolute atomic E-state index is 0.0253. The average Bonchev–Trinajstić information content (AvgIpc) is 2.48. The number of nitrogen functional groups attached to an aromatic ring is 1. The molecule has 0 aliphatic carbocycles. The maximum absolute atomic E-state index is 13.5. The van der Waals surface area contributed by atoms with E-state index in [0.29, 0.717) is 11.4 Å². The number of rotatable bonds is 4. The Bertz CT molecular complexity index is 675. The van der Waals surface area contributed by atoms with Crippen molar-refractivity contribution in [3.63, 3.8) is 0 Å². The number of anilines is 2. The quantitative estimate of drug-likeness (QED) is 0.671. The molecule has 21 heavy (non-hydrogen) atoms. The summed E-state index contributed by atoms with van der Waals surface area (Å²) in [5.74, 6) is -1.62. The van der Waals surface area contributed by atoms with Crippen LogP contribution in [0.4, 0.5) is 20.2 Å². The lowest BCUT2D eigenvalue weighted by Crippen LogP contribution is -2.09. The molecular formula is C15H14F2N2O2. The van der Waals surface area contributed by atoms with E-state index in [0.717, 1.165) is 18.2 Å². The molecule has 4 nitrogen and oxygen atoms in total. The van der Waals surface area contributed by atoms with E-state index in [-0.39, 0.29) is 17.7 Å². The van der Waals surface area contributed by atoms with E-state index in [9.17, 15) is 13.6 Å². The van der Waals surface area contributed by atoms with Gasteiger partial charge in [-0.1, -0.05) is 0 Å². The number of hydrogen-bond donors (Lipinski definition) is 2. The second kappa shape index (κ2) is 6.21.